The molecule has 0 aromatic carbocycles. The smallest absolute Gasteiger partial charge is 0.339 e. The van der Waals surface area contributed by atoms with Crippen LogP contribution in [0.1, 0.15) is 47.5 Å². The van der Waals surface area contributed by atoms with Crippen molar-refractivity contribution in [2.24, 2.45) is 0 Å². The number of hydrogen-bond donors (Lipinski definition) is 3. The molecule has 0 spiro atoms. The number of ether oxygens (including phenoxy) is 2. The standard InChI is InChI=1S/C17H22N2O6S/c1-17(2)6-10-11(8-25-17)26-15(12(10)16(22)23)19-14(21)13(20)18-7-9-4-3-5-24-9/h9H,3-8H2,1-2H3,(H,18,20)(H,19,21)(H,22,23)/t9-/m0/s1. The molecule has 2 aliphatic rings. The summed E-state index contributed by atoms with van der Waals surface area (Å²) in [5.74, 6) is -2.82. The zero-order valence-electron chi connectivity index (χ0n) is 14.7. The van der Waals surface area contributed by atoms with Crippen molar-refractivity contribution in [3.63, 3.8) is 0 Å². The van der Waals surface area contributed by atoms with Gasteiger partial charge in [-0.15, -0.1) is 11.3 Å². The molecule has 0 aliphatic carbocycles. The topological polar surface area (TPSA) is 114 Å². The molecule has 3 rings (SSSR count). The van der Waals surface area contributed by atoms with Crippen molar-refractivity contribution in [1.29, 1.82) is 0 Å². The highest BCUT2D eigenvalue weighted by Crippen LogP contribution is 2.40. The Kier molecular flexibility index (Phi) is 5.31. The lowest BCUT2D eigenvalue weighted by Crippen LogP contribution is -2.39. The molecule has 2 amide bonds. The monoisotopic (exact) mass is 382 g/mol. The fourth-order valence-corrected chi connectivity index (χ4v) is 4.24. The van der Waals surface area contributed by atoms with Gasteiger partial charge in [0.05, 0.1) is 23.9 Å². The molecule has 0 bridgehead atoms. The van der Waals surface area contributed by atoms with E-state index in [1.165, 1.54) is 0 Å². The minimum Gasteiger partial charge on any atom is -0.478 e. The maximum atomic E-state index is 12.2. The zero-order chi connectivity index (χ0) is 18.9. The molecular weight excluding hydrogens is 360 g/mol. The number of carboxylic acid groups (broad SMARTS) is 1. The second-order valence-corrected chi connectivity index (χ2v) is 8.14. The van der Waals surface area contributed by atoms with Gasteiger partial charge in [-0.25, -0.2) is 4.79 Å². The molecule has 9 heteroatoms. The number of carbonyl (C=O) groups excluding carboxylic acids is 2. The first-order chi connectivity index (χ1) is 12.3. The van der Waals surface area contributed by atoms with E-state index in [9.17, 15) is 19.5 Å². The number of fused-ring (bicyclic) bond motifs is 1. The number of carbonyl (C=O) groups is 3. The fraction of sp³-hybridized carbons (Fsp3) is 0.588. The molecule has 0 unspecified atom stereocenters. The van der Waals surface area contributed by atoms with Crippen LogP contribution < -0.4 is 10.6 Å². The Morgan fingerprint density at radius 3 is 2.73 bits per heavy atom. The Hall–Kier alpha value is -1.97. The van der Waals surface area contributed by atoms with E-state index >= 15 is 0 Å². The predicted octanol–water partition coefficient (Wildman–Crippen LogP) is 1.53. The third-order valence-electron chi connectivity index (χ3n) is 4.45. The lowest BCUT2D eigenvalue weighted by molar-refractivity contribution is -0.136. The number of carboxylic acids is 1. The summed E-state index contributed by atoms with van der Waals surface area (Å²) >= 11 is 1.14. The molecule has 1 saturated heterocycles. The van der Waals surface area contributed by atoms with E-state index in [1.807, 2.05) is 13.8 Å². The summed E-state index contributed by atoms with van der Waals surface area (Å²) < 4.78 is 11.1. The number of amides is 2. The molecule has 1 atom stereocenters. The molecule has 8 nitrogen and oxygen atoms in total. The first-order valence-electron chi connectivity index (χ1n) is 8.49. The Labute approximate surface area is 154 Å². The fourth-order valence-electron chi connectivity index (χ4n) is 3.12. The molecule has 1 aromatic heterocycles. The van der Waals surface area contributed by atoms with Gasteiger partial charge in [0, 0.05) is 24.4 Å². The molecule has 1 aromatic rings. The number of hydrogen-bond acceptors (Lipinski definition) is 6. The average molecular weight is 382 g/mol. The van der Waals surface area contributed by atoms with Crippen molar-refractivity contribution in [2.45, 2.75) is 51.4 Å². The van der Waals surface area contributed by atoms with Gasteiger partial charge in [-0.2, -0.15) is 0 Å². The van der Waals surface area contributed by atoms with Crippen LogP contribution in [-0.2, 0) is 32.1 Å². The van der Waals surface area contributed by atoms with E-state index in [0.29, 0.717) is 18.6 Å². The Morgan fingerprint density at radius 2 is 2.08 bits per heavy atom. The Balaban J connectivity index is 1.70. The third-order valence-corrected chi connectivity index (χ3v) is 5.57. The summed E-state index contributed by atoms with van der Waals surface area (Å²) in [6, 6.07) is 0. The first kappa shape index (κ1) is 18.8. The maximum Gasteiger partial charge on any atom is 0.339 e. The highest BCUT2D eigenvalue weighted by Gasteiger charge is 2.34. The highest BCUT2D eigenvalue weighted by atomic mass is 32.1. The number of anilines is 1. The number of thiophene rings is 1. The molecule has 2 aliphatic heterocycles. The molecular formula is C17H22N2O6S. The number of rotatable bonds is 4. The van der Waals surface area contributed by atoms with Crippen molar-refractivity contribution in [1.82, 2.24) is 5.32 Å². The lowest BCUT2D eigenvalue weighted by Gasteiger charge is -2.30. The van der Waals surface area contributed by atoms with Crippen molar-refractivity contribution in [2.75, 3.05) is 18.5 Å². The van der Waals surface area contributed by atoms with Crippen LogP contribution >= 0.6 is 11.3 Å². The number of aromatic carboxylic acids is 1. The van der Waals surface area contributed by atoms with Crippen LogP contribution in [0, 0.1) is 0 Å². The normalized spacial score (nSPS) is 21.1. The molecule has 26 heavy (non-hydrogen) atoms. The Bertz CT molecular complexity index is 736. The van der Waals surface area contributed by atoms with Crippen molar-refractivity contribution < 1.29 is 29.0 Å². The van der Waals surface area contributed by atoms with Gasteiger partial charge in [-0.1, -0.05) is 0 Å². The van der Waals surface area contributed by atoms with Gasteiger partial charge in [0.2, 0.25) is 0 Å². The second kappa shape index (κ2) is 7.34. The van der Waals surface area contributed by atoms with Crippen LogP contribution in [0.4, 0.5) is 5.00 Å². The second-order valence-electron chi connectivity index (χ2n) is 7.04. The van der Waals surface area contributed by atoms with Gasteiger partial charge in [0.25, 0.3) is 0 Å². The van der Waals surface area contributed by atoms with E-state index in [0.717, 1.165) is 29.1 Å². The van der Waals surface area contributed by atoms with Gasteiger partial charge in [-0.05, 0) is 32.3 Å². The third kappa shape index (κ3) is 4.05. The van der Waals surface area contributed by atoms with Gasteiger partial charge in [-0.3, -0.25) is 9.59 Å². The number of nitrogens with one attached hydrogen (secondary N) is 2. The van der Waals surface area contributed by atoms with E-state index in [2.05, 4.69) is 10.6 Å². The summed E-state index contributed by atoms with van der Waals surface area (Å²) in [6.07, 6.45) is 2.14. The Morgan fingerprint density at radius 1 is 1.31 bits per heavy atom. The van der Waals surface area contributed by atoms with Crippen LogP contribution in [0.25, 0.3) is 0 Å². The van der Waals surface area contributed by atoms with Crippen molar-refractivity contribution >= 4 is 34.1 Å². The summed E-state index contributed by atoms with van der Waals surface area (Å²) in [6.45, 7) is 4.98. The van der Waals surface area contributed by atoms with Crippen LogP contribution in [0.2, 0.25) is 0 Å². The predicted molar refractivity (Wildman–Crippen MR) is 94.5 cm³/mol. The van der Waals surface area contributed by atoms with Crippen molar-refractivity contribution in [3.05, 3.63) is 16.0 Å². The summed E-state index contributed by atoms with van der Waals surface area (Å²) in [5, 5.41) is 14.7. The molecule has 0 saturated carbocycles. The van der Waals surface area contributed by atoms with E-state index in [4.69, 9.17) is 9.47 Å². The SMILES string of the molecule is CC1(C)Cc2c(sc(NC(=O)C(=O)NC[C@@H]3CCCO3)c2C(=O)O)CO1. The summed E-state index contributed by atoms with van der Waals surface area (Å²) in [5.41, 5.74) is 0.230. The molecule has 142 valence electrons. The molecule has 3 N–H and O–H groups in total. The van der Waals surface area contributed by atoms with Gasteiger partial charge >= 0.3 is 17.8 Å². The summed E-state index contributed by atoms with van der Waals surface area (Å²) in [7, 11) is 0. The molecule has 1 fully saturated rings. The first-order valence-corrected chi connectivity index (χ1v) is 9.31. The van der Waals surface area contributed by atoms with Gasteiger partial charge < -0.3 is 25.2 Å². The van der Waals surface area contributed by atoms with Crippen LogP contribution in [0.5, 0.6) is 0 Å². The van der Waals surface area contributed by atoms with E-state index < -0.39 is 23.4 Å². The van der Waals surface area contributed by atoms with Gasteiger partial charge in [0.1, 0.15) is 5.00 Å². The van der Waals surface area contributed by atoms with Crippen molar-refractivity contribution in [3.8, 4) is 0 Å². The van der Waals surface area contributed by atoms with Crippen LogP contribution in [-0.4, -0.2) is 47.7 Å². The van der Waals surface area contributed by atoms with Crippen LogP contribution in [0.3, 0.4) is 0 Å². The highest BCUT2D eigenvalue weighted by molar-refractivity contribution is 7.17. The summed E-state index contributed by atoms with van der Waals surface area (Å²) in [4.78, 5) is 36.6. The average Bonchev–Trinajstić information content (AvgIpc) is 3.18. The van der Waals surface area contributed by atoms with E-state index in [1.54, 1.807) is 0 Å². The quantitative estimate of drug-likeness (QED) is 0.681. The van der Waals surface area contributed by atoms with Crippen LogP contribution in [0.15, 0.2) is 0 Å². The van der Waals surface area contributed by atoms with E-state index in [-0.39, 0.29) is 29.8 Å². The molecule has 3 heterocycles. The zero-order valence-corrected chi connectivity index (χ0v) is 15.5. The minimum atomic E-state index is -1.13. The minimum absolute atomic E-state index is 0.0432. The van der Waals surface area contributed by atoms with Gasteiger partial charge in [0.15, 0.2) is 0 Å². The molecule has 0 radical (unpaired) electrons. The lowest BCUT2D eigenvalue weighted by atomic mass is 9.93. The maximum absolute atomic E-state index is 12.2. The largest absolute Gasteiger partial charge is 0.478 e.